The normalized spacial score (nSPS) is 15.3. The first-order chi connectivity index (χ1) is 11.7. The van der Waals surface area contributed by atoms with E-state index in [-0.39, 0.29) is 5.76 Å². The van der Waals surface area contributed by atoms with Crippen molar-refractivity contribution in [3.8, 4) is 5.75 Å². The van der Waals surface area contributed by atoms with Gasteiger partial charge in [0, 0.05) is 5.69 Å². The van der Waals surface area contributed by atoms with Crippen LogP contribution >= 0.6 is 0 Å². The first-order valence-electron chi connectivity index (χ1n) is 8.09. The monoisotopic (exact) mass is 331 g/mol. The summed E-state index contributed by atoms with van der Waals surface area (Å²) in [5.74, 6) is 1.54. The Balaban J connectivity index is 1.53. The minimum absolute atomic E-state index is 0.267. The molecule has 1 aliphatic heterocycles. The molecule has 0 unspecified atom stereocenters. The molecule has 1 aromatic carbocycles. The van der Waals surface area contributed by atoms with Gasteiger partial charge in [-0.05, 0) is 36.4 Å². The lowest BCUT2D eigenvalue weighted by Crippen LogP contribution is -3.13. The zero-order chi connectivity index (χ0) is 16.9. The van der Waals surface area contributed by atoms with Crippen LogP contribution in [0.25, 0.3) is 0 Å². The number of anilines is 1. The molecule has 6 nitrogen and oxygen atoms in total. The van der Waals surface area contributed by atoms with Gasteiger partial charge < -0.3 is 23.7 Å². The Morgan fingerprint density at radius 1 is 1.12 bits per heavy atom. The molecule has 1 saturated heterocycles. The summed E-state index contributed by atoms with van der Waals surface area (Å²) >= 11 is 0. The second-order valence-corrected chi connectivity index (χ2v) is 5.87. The lowest BCUT2D eigenvalue weighted by molar-refractivity contribution is -0.915. The number of nitrogens with one attached hydrogen (secondary N) is 1. The number of methoxy groups -OCH3 is 2. The Hall–Kier alpha value is -2.47. The summed E-state index contributed by atoms with van der Waals surface area (Å²) in [5, 5.41) is 0. The topological polar surface area (TPSA) is 56.4 Å². The van der Waals surface area contributed by atoms with Crippen molar-refractivity contribution in [3.05, 3.63) is 47.9 Å². The molecule has 24 heavy (non-hydrogen) atoms. The fourth-order valence-corrected chi connectivity index (χ4v) is 2.98. The van der Waals surface area contributed by atoms with Gasteiger partial charge in [-0.3, -0.25) is 0 Å². The third kappa shape index (κ3) is 3.71. The maximum absolute atomic E-state index is 11.4. The highest BCUT2D eigenvalue weighted by Gasteiger charge is 2.22. The Bertz CT molecular complexity index is 673. The van der Waals surface area contributed by atoms with Crippen LogP contribution in [0.15, 0.2) is 40.8 Å². The van der Waals surface area contributed by atoms with Crippen molar-refractivity contribution < 1.29 is 23.6 Å². The van der Waals surface area contributed by atoms with Crippen molar-refractivity contribution in [2.24, 2.45) is 0 Å². The van der Waals surface area contributed by atoms with Crippen molar-refractivity contribution in [1.29, 1.82) is 0 Å². The number of rotatable bonds is 5. The van der Waals surface area contributed by atoms with Crippen LogP contribution in [-0.2, 0) is 11.3 Å². The number of benzene rings is 1. The summed E-state index contributed by atoms with van der Waals surface area (Å²) in [4.78, 5) is 15.3. The van der Waals surface area contributed by atoms with Crippen molar-refractivity contribution in [3.63, 3.8) is 0 Å². The van der Waals surface area contributed by atoms with E-state index in [1.165, 1.54) is 17.7 Å². The standard InChI is InChI=1S/C18H22N2O4/c1-22-15-5-3-14(4-6-15)20-11-9-19(10-12-20)13-16-7-8-17(24-16)18(21)23-2/h3-8H,9-13H2,1-2H3/p+1. The minimum Gasteiger partial charge on any atom is -0.497 e. The maximum Gasteiger partial charge on any atom is 0.373 e. The summed E-state index contributed by atoms with van der Waals surface area (Å²) < 4.78 is 15.4. The average molecular weight is 331 g/mol. The minimum atomic E-state index is -0.430. The molecule has 1 aromatic heterocycles. The fourth-order valence-electron chi connectivity index (χ4n) is 2.98. The van der Waals surface area contributed by atoms with Gasteiger partial charge in [0.15, 0.2) is 5.76 Å². The number of carbonyl (C=O) groups excluding carboxylic acids is 1. The summed E-state index contributed by atoms with van der Waals surface area (Å²) in [6.45, 7) is 4.83. The molecule has 0 atom stereocenters. The number of esters is 1. The van der Waals surface area contributed by atoms with Crippen molar-refractivity contribution in [2.45, 2.75) is 6.54 Å². The third-order valence-corrected chi connectivity index (χ3v) is 4.38. The SMILES string of the molecule is COC(=O)c1ccc(C[NH+]2CCN(c3ccc(OC)cc3)CC2)o1. The number of hydrogen-bond donors (Lipinski definition) is 1. The lowest BCUT2D eigenvalue weighted by Gasteiger charge is -2.33. The summed E-state index contributed by atoms with van der Waals surface area (Å²) in [6, 6.07) is 11.7. The van der Waals surface area contributed by atoms with Gasteiger partial charge >= 0.3 is 5.97 Å². The Morgan fingerprint density at radius 3 is 2.46 bits per heavy atom. The highest BCUT2D eigenvalue weighted by molar-refractivity contribution is 5.86. The molecule has 0 spiro atoms. The van der Waals surface area contributed by atoms with Crippen molar-refractivity contribution >= 4 is 11.7 Å². The fraction of sp³-hybridized carbons (Fsp3) is 0.389. The second kappa shape index (κ2) is 7.40. The summed E-state index contributed by atoms with van der Waals surface area (Å²) in [5.41, 5.74) is 1.22. The van der Waals surface area contributed by atoms with Crippen LogP contribution < -0.4 is 14.5 Å². The smallest absolute Gasteiger partial charge is 0.373 e. The highest BCUT2D eigenvalue weighted by Crippen LogP contribution is 2.19. The zero-order valence-corrected chi connectivity index (χ0v) is 14.1. The maximum atomic E-state index is 11.4. The predicted molar refractivity (Wildman–Crippen MR) is 89.7 cm³/mol. The van der Waals surface area contributed by atoms with Crippen LogP contribution in [0.1, 0.15) is 16.3 Å². The van der Waals surface area contributed by atoms with Crippen LogP contribution in [-0.4, -0.2) is 46.4 Å². The van der Waals surface area contributed by atoms with Gasteiger partial charge in [-0.25, -0.2) is 4.79 Å². The van der Waals surface area contributed by atoms with E-state index < -0.39 is 5.97 Å². The Morgan fingerprint density at radius 2 is 1.83 bits per heavy atom. The van der Waals surface area contributed by atoms with E-state index in [4.69, 9.17) is 9.15 Å². The van der Waals surface area contributed by atoms with Gasteiger partial charge in [0.25, 0.3) is 0 Å². The van der Waals surface area contributed by atoms with E-state index in [1.807, 2.05) is 18.2 Å². The highest BCUT2D eigenvalue weighted by atomic mass is 16.5. The molecular formula is C18H23N2O4+. The van der Waals surface area contributed by atoms with Gasteiger partial charge in [-0.1, -0.05) is 0 Å². The van der Waals surface area contributed by atoms with Gasteiger partial charge in [0.1, 0.15) is 12.3 Å². The quantitative estimate of drug-likeness (QED) is 0.828. The third-order valence-electron chi connectivity index (χ3n) is 4.38. The molecule has 2 heterocycles. The van der Waals surface area contributed by atoms with E-state index in [1.54, 1.807) is 13.2 Å². The largest absolute Gasteiger partial charge is 0.497 e. The molecule has 0 aliphatic carbocycles. The molecule has 6 heteroatoms. The van der Waals surface area contributed by atoms with E-state index in [9.17, 15) is 4.79 Å². The molecule has 1 N–H and O–H groups in total. The van der Waals surface area contributed by atoms with Crippen LogP contribution in [0, 0.1) is 0 Å². The molecule has 0 amide bonds. The van der Waals surface area contributed by atoms with Crippen molar-refractivity contribution in [2.75, 3.05) is 45.3 Å². The molecule has 128 valence electrons. The number of piperazine rings is 1. The molecule has 0 saturated carbocycles. The van der Waals surface area contributed by atoms with Crippen LogP contribution in [0.2, 0.25) is 0 Å². The molecule has 2 aromatic rings. The lowest BCUT2D eigenvalue weighted by atomic mass is 10.2. The first-order valence-corrected chi connectivity index (χ1v) is 8.09. The molecular weight excluding hydrogens is 308 g/mol. The zero-order valence-electron chi connectivity index (χ0n) is 14.1. The van der Waals surface area contributed by atoms with Gasteiger partial charge in [-0.2, -0.15) is 0 Å². The molecule has 1 fully saturated rings. The number of carbonyl (C=O) groups is 1. The van der Waals surface area contributed by atoms with E-state index in [2.05, 4.69) is 21.8 Å². The number of hydrogen-bond acceptors (Lipinski definition) is 5. The predicted octanol–water partition coefficient (Wildman–Crippen LogP) is 0.980. The summed E-state index contributed by atoms with van der Waals surface area (Å²) in [7, 11) is 3.03. The second-order valence-electron chi connectivity index (χ2n) is 5.87. The van der Waals surface area contributed by atoms with Crippen LogP contribution in [0.3, 0.4) is 0 Å². The Kier molecular flexibility index (Phi) is 5.05. The Labute approximate surface area is 141 Å². The number of quaternary nitrogens is 1. The first kappa shape index (κ1) is 16.4. The van der Waals surface area contributed by atoms with Gasteiger partial charge in [-0.15, -0.1) is 0 Å². The van der Waals surface area contributed by atoms with E-state index in [0.29, 0.717) is 0 Å². The van der Waals surface area contributed by atoms with E-state index in [0.717, 1.165) is 44.2 Å². The van der Waals surface area contributed by atoms with Gasteiger partial charge in [0.05, 0.1) is 40.4 Å². The van der Waals surface area contributed by atoms with Crippen molar-refractivity contribution in [1.82, 2.24) is 0 Å². The molecule has 1 aliphatic rings. The summed E-state index contributed by atoms with van der Waals surface area (Å²) in [6.07, 6.45) is 0. The molecule has 0 bridgehead atoms. The number of nitrogens with zero attached hydrogens (tertiary/aromatic N) is 1. The number of furan rings is 1. The average Bonchev–Trinajstić information content (AvgIpc) is 3.10. The molecule has 3 rings (SSSR count). The molecule has 0 radical (unpaired) electrons. The van der Waals surface area contributed by atoms with E-state index >= 15 is 0 Å². The van der Waals surface area contributed by atoms with Gasteiger partial charge in [0.2, 0.25) is 5.76 Å². The van der Waals surface area contributed by atoms with Crippen LogP contribution in [0.4, 0.5) is 5.69 Å². The number of ether oxygens (including phenoxy) is 2. The van der Waals surface area contributed by atoms with Crippen LogP contribution in [0.5, 0.6) is 5.75 Å².